The molecule has 2 heterocycles. The maximum absolute atomic E-state index is 12.0. The van der Waals surface area contributed by atoms with Gasteiger partial charge in [-0.05, 0) is 29.6 Å². The summed E-state index contributed by atoms with van der Waals surface area (Å²) in [6.45, 7) is 0.257. The quantitative estimate of drug-likeness (QED) is 0.567. The van der Waals surface area contributed by atoms with Gasteiger partial charge in [0.05, 0.1) is 5.52 Å². The average Bonchev–Trinajstić information content (AvgIpc) is 3.04. The molecule has 19 heavy (non-hydrogen) atoms. The maximum Gasteiger partial charge on any atom is 0.359 e. The Hall–Kier alpha value is -2.34. The van der Waals surface area contributed by atoms with Gasteiger partial charge in [-0.2, -0.15) is 5.10 Å². The lowest BCUT2D eigenvalue weighted by Crippen LogP contribution is -2.05. The molecule has 2 aromatic heterocycles. The number of nitrogens with two attached hydrogens (primary N) is 1. The van der Waals surface area contributed by atoms with Crippen molar-refractivity contribution in [1.82, 2.24) is 10.2 Å². The number of hydrogen-bond acceptors (Lipinski definition) is 5. The number of anilines is 1. The van der Waals surface area contributed by atoms with E-state index in [1.165, 1.54) is 0 Å². The van der Waals surface area contributed by atoms with E-state index in [9.17, 15) is 4.79 Å². The number of aromatic amines is 1. The zero-order chi connectivity index (χ0) is 13.2. The molecule has 0 spiro atoms. The fraction of sp³-hybridized carbons (Fsp3) is 0.0769. The molecule has 0 fully saturated rings. The van der Waals surface area contributed by atoms with E-state index >= 15 is 0 Å². The minimum Gasteiger partial charge on any atom is -0.455 e. The van der Waals surface area contributed by atoms with Crippen molar-refractivity contribution in [2.45, 2.75) is 6.61 Å². The number of esters is 1. The number of benzene rings is 1. The Balaban J connectivity index is 1.83. The molecule has 3 N–H and O–H groups in total. The number of nitrogens with one attached hydrogen (secondary N) is 1. The molecule has 96 valence electrons. The molecule has 0 atom stereocenters. The summed E-state index contributed by atoms with van der Waals surface area (Å²) in [4.78, 5) is 13.0. The Bertz CT molecular complexity index is 719. The summed E-state index contributed by atoms with van der Waals surface area (Å²) >= 11 is 1.54. The standard InChI is InChI=1S/C13H11N3O2S/c14-8-3-4-11-10(6-8)12(16-15-11)13(17)18-7-9-2-1-5-19-9/h1-6H,7,14H2,(H,15,16). The molecule has 5 nitrogen and oxygen atoms in total. The fourth-order valence-corrected chi connectivity index (χ4v) is 2.40. The van der Waals surface area contributed by atoms with E-state index in [1.807, 2.05) is 17.5 Å². The second-order valence-corrected chi connectivity index (χ2v) is 5.06. The normalized spacial score (nSPS) is 10.7. The Morgan fingerprint density at radius 1 is 1.42 bits per heavy atom. The van der Waals surface area contributed by atoms with Gasteiger partial charge in [0.15, 0.2) is 5.69 Å². The third-order valence-electron chi connectivity index (χ3n) is 2.71. The predicted octanol–water partition coefficient (Wildman–Crippen LogP) is 2.56. The number of nitrogen functional groups attached to an aromatic ring is 1. The van der Waals surface area contributed by atoms with Crippen LogP contribution in [0.2, 0.25) is 0 Å². The van der Waals surface area contributed by atoms with Crippen molar-refractivity contribution in [3.63, 3.8) is 0 Å². The second-order valence-electron chi connectivity index (χ2n) is 4.03. The fourth-order valence-electron chi connectivity index (χ4n) is 1.79. The number of aromatic nitrogens is 2. The van der Waals surface area contributed by atoms with Gasteiger partial charge < -0.3 is 10.5 Å². The summed E-state index contributed by atoms with van der Waals surface area (Å²) in [5, 5.41) is 9.39. The van der Waals surface area contributed by atoms with Gasteiger partial charge in [-0.3, -0.25) is 5.10 Å². The van der Waals surface area contributed by atoms with Crippen LogP contribution in [0.15, 0.2) is 35.7 Å². The highest BCUT2D eigenvalue weighted by Gasteiger charge is 2.16. The van der Waals surface area contributed by atoms with E-state index in [4.69, 9.17) is 10.5 Å². The number of hydrogen-bond donors (Lipinski definition) is 2. The minimum absolute atomic E-state index is 0.257. The van der Waals surface area contributed by atoms with Crippen molar-refractivity contribution in [3.05, 3.63) is 46.3 Å². The first-order valence-corrected chi connectivity index (χ1v) is 6.55. The van der Waals surface area contributed by atoms with Crippen LogP contribution in [0.5, 0.6) is 0 Å². The van der Waals surface area contributed by atoms with Crippen LogP contribution in [0, 0.1) is 0 Å². The zero-order valence-electron chi connectivity index (χ0n) is 9.92. The highest BCUT2D eigenvalue weighted by molar-refractivity contribution is 7.09. The van der Waals surface area contributed by atoms with E-state index in [0.29, 0.717) is 11.1 Å². The first kappa shape index (κ1) is 11.7. The summed E-state index contributed by atoms with van der Waals surface area (Å²) < 4.78 is 5.23. The van der Waals surface area contributed by atoms with Gasteiger partial charge in [0.2, 0.25) is 0 Å². The first-order valence-electron chi connectivity index (χ1n) is 5.67. The molecule has 0 saturated heterocycles. The molecule has 3 aromatic rings. The second kappa shape index (κ2) is 4.74. The van der Waals surface area contributed by atoms with Crippen LogP contribution in [-0.4, -0.2) is 16.2 Å². The van der Waals surface area contributed by atoms with Crippen LogP contribution in [0.3, 0.4) is 0 Å². The van der Waals surface area contributed by atoms with Gasteiger partial charge in [0.25, 0.3) is 0 Å². The summed E-state index contributed by atoms with van der Waals surface area (Å²) in [6.07, 6.45) is 0. The van der Waals surface area contributed by atoms with Gasteiger partial charge in [-0.1, -0.05) is 6.07 Å². The van der Waals surface area contributed by atoms with Crippen LogP contribution in [0.1, 0.15) is 15.4 Å². The van der Waals surface area contributed by atoms with Gasteiger partial charge >= 0.3 is 5.97 Å². The number of carbonyl (C=O) groups excluding carboxylic acids is 1. The third-order valence-corrected chi connectivity index (χ3v) is 3.56. The average molecular weight is 273 g/mol. The highest BCUT2D eigenvalue weighted by Crippen LogP contribution is 2.20. The molecular formula is C13H11N3O2S. The van der Waals surface area contributed by atoms with Crippen molar-refractivity contribution in [3.8, 4) is 0 Å². The molecule has 0 aliphatic heterocycles. The van der Waals surface area contributed by atoms with E-state index in [2.05, 4.69) is 10.2 Å². The summed E-state index contributed by atoms with van der Waals surface area (Å²) in [6, 6.07) is 9.08. The largest absolute Gasteiger partial charge is 0.455 e. The molecule has 0 aliphatic rings. The van der Waals surface area contributed by atoms with Crippen LogP contribution in [0.25, 0.3) is 10.9 Å². The first-order chi connectivity index (χ1) is 9.24. The van der Waals surface area contributed by atoms with Crippen molar-refractivity contribution in [2.75, 3.05) is 5.73 Å². The van der Waals surface area contributed by atoms with Gasteiger partial charge in [-0.15, -0.1) is 11.3 Å². The number of nitrogens with zero attached hydrogens (tertiary/aromatic N) is 1. The summed E-state index contributed by atoms with van der Waals surface area (Å²) in [7, 11) is 0. The lowest BCUT2D eigenvalue weighted by atomic mass is 10.2. The van der Waals surface area contributed by atoms with Gasteiger partial charge in [0, 0.05) is 16.0 Å². The molecule has 0 bridgehead atoms. The Morgan fingerprint density at radius 2 is 2.32 bits per heavy atom. The van der Waals surface area contributed by atoms with Gasteiger partial charge in [0.1, 0.15) is 6.61 Å². The Labute approximate surface area is 113 Å². The molecule has 1 aromatic carbocycles. The van der Waals surface area contributed by atoms with Crippen LogP contribution in [0.4, 0.5) is 5.69 Å². The SMILES string of the molecule is Nc1ccc2[nH]nc(C(=O)OCc3cccs3)c2c1. The van der Waals surface area contributed by atoms with Crippen LogP contribution in [-0.2, 0) is 11.3 Å². The Morgan fingerprint density at radius 3 is 3.11 bits per heavy atom. The molecule has 0 unspecified atom stereocenters. The summed E-state index contributed by atoms with van der Waals surface area (Å²) in [5.41, 5.74) is 7.32. The van der Waals surface area contributed by atoms with E-state index in [0.717, 1.165) is 10.4 Å². The van der Waals surface area contributed by atoms with Crippen molar-refractivity contribution in [2.24, 2.45) is 0 Å². The van der Waals surface area contributed by atoms with E-state index in [1.54, 1.807) is 29.5 Å². The number of rotatable bonds is 3. The molecule has 0 radical (unpaired) electrons. The zero-order valence-corrected chi connectivity index (χ0v) is 10.7. The monoisotopic (exact) mass is 273 g/mol. The summed E-state index contributed by atoms with van der Waals surface area (Å²) in [5.74, 6) is -0.453. The van der Waals surface area contributed by atoms with Crippen LogP contribution >= 0.6 is 11.3 Å². The van der Waals surface area contributed by atoms with Crippen molar-refractivity contribution >= 4 is 33.9 Å². The van der Waals surface area contributed by atoms with E-state index < -0.39 is 5.97 Å². The van der Waals surface area contributed by atoms with Crippen molar-refractivity contribution < 1.29 is 9.53 Å². The Kier molecular flexibility index (Phi) is 2.92. The minimum atomic E-state index is -0.453. The third kappa shape index (κ3) is 2.30. The van der Waals surface area contributed by atoms with Gasteiger partial charge in [-0.25, -0.2) is 4.79 Å². The lowest BCUT2D eigenvalue weighted by Gasteiger charge is -2.01. The lowest BCUT2D eigenvalue weighted by molar-refractivity contribution is 0.0472. The van der Waals surface area contributed by atoms with Crippen LogP contribution < -0.4 is 5.73 Å². The topological polar surface area (TPSA) is 81.0 Å². The number of fused-ring (bicyclic) bond motifs is 1. The molecule has 0 amide bonds. The number of thiophene rings is 1. The molecule has 0 saturated carbocycles. The molecule has 3 rings (SSSR count). The maximum atomic E-state index is 12.0. The predicted molar refractivity (Wildman–Crippen MR) is 73.9 cm³/mol. The number of H-pyrrole nitrogens is 1. The number of carbonyl (C=O) groups is 1. The highest BCUT2D eigenvalue weighted by atomic mass is 32.1. The number of ether oxygens (including phenoxy) is 1. The molecule has 6 heteroatoms. The molecular weight excluding hydrogens is 262 g/mol. The van der Waals surface area contributed by atoms with Crippen molar-refractivity contribution in [1.29, 1.82) is 0 Å². The smallest absolute Gasteiger partial charge is 0.359 e. The molecule has 0 aliphatic carbocycles. The van der Waals surface area contributed by atoms with E-state index in [-0.39, 0.29) is 12.3 Å².